The van der Waals surface area contributed by atoms with Gasteiger partial charge in [0, 0.05) is 4.47 Å². The Kier molecular flexibility index (Phi) is 9.15. The monoisotopic (exact) mass is 378 g/mol. The van der Waals surface area contributed by atoms with Gasteiger partial charge in [0.2, 0.25) is 0 Å². The fraction of sp³-hybridized carbons (Fsp3) is 0.400. The Morgan fingerprint density at radius 2 is 1.57 bits per heavy atom. The molecule has 0 radical (unpaired) electrons. The number of aliphatic hydroxyl groups is 1. The Labute approximate surface area is 148 Å². The Hall–Kier alpha value is -1.16. The number of hydrogen-bond donors (Lipinski definition) is 1. The Bertz CT molecular complexity index is 556. The number of epoxide rings is 1. The van der Waals surface area contributed by atoms with E-state index in [2.05, 4.69) is 54.9 Å². The average molecular weight is 379 g/mol. The second kappa shape index (κ2) is 10.6. The van der Waals surface area contributed by atoms with Crippen LogP contribution in [0.4, 0.5) is 0 Å². The number of hydrogen-bond acceptors (Lipinski definition) is 2. The summed E-state index contributed by atoms with van der Waals surface area (Å²) >= 11 is 3.40. The van der Waals surface area contributed by atoms with Gasteiger partial charge in [-0.3, -0.25) is 0 Å². The van der Waals surface area contributed by atoms with Gasteiger partial charge in [0.05, 0.1) is 18.8 Å². The molecule has 0 saturated carbocycles. The van der Waals surface area contributed by atoms with Gasteiger partial charge in [-0.1, -0.05) is 58.4 Å². The lowest BCUT2D eigenvalue weighted by Gasteiger charge is -2.06. The summed E-state index contributed by atoms with van der Waals surface area (Å²) in [6.45, 7) is 8.99. The zero-order chi connectivity index (χ0) is 17.2. The highest BCUT2D eigenvalue weighted by molar-refractivity contribution is 9.10. The number of rotatable bonds is 2. The largest absolute Gasteiger partial charge is 0.393 e. The third-order valence-corrected chi connectivity index (χ3v) is 4.24. The van der Waals surface area contributed by atoms with Crippen molar-refractivity contribution in [2.24, 2.45) is 0 Å². The summed E-state index contributed by atoms with van der Waals surface area (Å²) in [7, 11) is 0. The minimum Gasteiger partial charge on any atom is -0.393 e. The van der Waals surface area contributed by atoms with Gasteiger partial charge in [-0.2, -0.15) is 0 Å². The van der Waals surface area contributed by atoms with Gasteiger partial charge >= 0.3 is 0 Å². The van der Waals surface area contributed by atoms with Gasteiger partial charge in [-0.15, -0.1) is 0 Å². The quantitative estimate of drug-likeness (QED) is 0.738. The molecule has 1 N–H and O–H groups in total. The predicted octanol–water partition coefficient (Wildman–Crippen LogP) is 5.08. The summed E-state index contributed by atoms with van der Waals surface area (Å²) in [5.41, 5.74) is 3.78. The molecule has 1 heterocycles. The predicted molar refractivity (Wildman–Crippen MR) is 101 cm³/mol. The van der Waals surface area contributed by atoms with Crippen LogP contribution in [0.1, 0.15) is 30.5 Å². The fourth-order valence-electron chi connectivity index (χ4n) is 1.80. The van der Waals surface area contributed by atoms with Gasteiger partial charge in [-0.05, 0) is 56.9 Å². The SMILES string of the molecule is C[C@@H]1CO1.Cc1ccccc1Br.Cc1ccccc1C[C@@H](C)O. The lowest BCUT2D eigenvalue weighted by Crippen LogP contribution is -2.05. The molecular formula is C20H27BrO2. The van der Waals surface area contributed by atoms with Crippen molar-refractivity contribution in [3.8, 4) is 0 Å². The highest BCUT2D eigenvalue weighted by atomic mass is 79.9. The Morgan fingerprint density at radius 1 is 1.09 bits per heavy atom. The molecule has 2 aromatic rings. The van der Waals surface area contributed by atoms with Crippen LogP contribution in [0.25, 0.3) is 0 Å². The van der Waals surface area contributed by atoms with E-state index in [9.17, 15) is 0 Å². The van der Waals surface area contributed by atoms with Crippen molar-refractivity contribution in [2.75, 3.05) is 6.61 Å². The van der Waals surface area contributed by atoms with Crippen molar-refractivity contribution < 1.29 is 9.84 Å². The molecule has 0 aromatic heterocycles. The van der Waals surface area contributed by atoms with E-state index in [-0.39, 0.29) is 6.10 Å². The third-order valence-electron chi connectivity index (χ3n) is 3.35. The topological polar surface area (TPSA) is 32.8 Å². The maximum Gasteiger partial charge on any atom is 0.0781 e. The second-order valence-electron chi connectivity index (χ2n) is 5.87. The highest BCUT2D eigenvalue weighted by Gasteiger charge is 2.13. The first-order chi connectivity index (χ1) is 10.9. The van der Waals surface area contributed by atoms with Gasteiger partial charge < -0.3 is 9.84 Å². The molecule has 2 atom stereocenters. The van der Waals surface area contributed by atoms with Gasteiger partial charge in [-0.25, -0.2) is 0 Å². The number of benzene rings is 2. The first-order valence-corrected chi connectivity index (χ1v) is 8.74. The molecule has 1 aliphatic rings. The van der Waals surface area contributed by atoms with Gasteiger partial charge in [0.1, 0.15) is 0 Å². The van der Waals surface area contributed by atoms with Crippen molar-refractivity contribution in [3.05, 3.63) is 69.7 Å². The summed E-state index contributed by atoms with van der Waals surface area (Å²) in [6.07, 6.45) is 1.10. The lowest BCUT2D eigenvalue weighted by atomic mass is 10.0. The smallest absolute Gasteiger partial charge is 0.0781 e. The molecule has 23 heavy (non-hydrogen) atoms. The van der Waals surface area contributed by atoms with Crippen LogP contribution in [0.3, 0.4) is 0 Å². The number of aryl methyl sites for hydroxylation is 2. The zero-order valence-corrected chi connectivity index (χ0v) is 16.0. The summed E-state index contributed by atoms with van der Waals surface area (Å²) in [5, 5.41) is 9.13. The molecule has 3 heteroatoms. The van der Waals surface area contributed by atoms with E-state index >= 15 is 0 Å². The average Bonchev–Trinajstić information content (AvgIpc) is 3.28. The van der Waals surface area contributed by atoms with Crippen molar-refractivity contribution in [2.45, 2.75) is 46.3 Å². The molecule has 0 spiro atoms. The molecule has 2 aromatic carbocycles. The summed E-state index contributed by atoms with van der Waals surface area (Å²) in [6, 6.07) is 16.3. The van der Waals surface area contributed by atoms with Crippen LogP contribution in [0.5, 0.6) is 0 Å². The number of halogens is 1. The van der Waals surface area contributed by atoms with Crippen LogP contribution >= 0.6 is 15.9 Å². The highest BCUT2D eigenvalue weighted by Crippen LogP contribution is 2.13. The van der Waals surface area contributed by atoms with Crippen molar-refractivity contribution in [1.82, 2.24) is 0 Å². The first-order valence-electron chi connectivity index (χ1n) is 7.95. The van der Waals surface area contributed by atoms with Gasteiger partial charge in [0.15, 0.2) is 0 Å². The van der Waals surface area contributed by atoms with E-state index in [4.69, 9.17) is 9.84 Å². The Balaban J connectivity index is 0.000000191. The van der Waals surface area contributed by atoms with Crippen molar-refractivity contribution in [3.63, 3.8) is 0 Å². The van der Waals surface area contributed by atoms with Crippen molar-refractivity contribution in [1.29, 1.82) is 0 Å². The molecule has 1 aliphatic heterocycles. The van der Waals surface area contributed by atoms with E-state index in [0.29, 0.717) is 6.10 Å². The Morgan fingerprint density at radius 3 is 1.91 bits per heavy atom. The van der Waals surface area contributed by atoms with Crippen molar-refractivity contribution >= 4 is 15.9 Å². The third kappa shape index (κ3) is 9.54. The maximum atomic E-state index is 9.13. The molecule has 0 aliphatic carbocycles. The normalized spacial score (nSPS) is 16.3. The standard InChI is InChI=1S/C10H14O.C7H7Br.C3H6O/c1-8-5-3-4-6-10(8)7-9(2)11;1-6-4-2-3-5-7(6)8;1-3-2-4-3/h3-6,9,11H,7H2,1-2H3;2-5H,1H3;3H,2H2,1H3/t9-;;3-/m1.1/s1. The van der Waals surface area contributed by atoms with Crippen LogP contribution in [-0.4, -0.2) is 23.9 Å². The number of ether oxygens (including phenoxy) is 1. The lowest BCUT2D eigenvalue weighted by molar-refractivity contribution is 0.195. The molecule has 0 amide bonds. The minimum atomic E-state index is -0.240. The molecule has 2 nitrogen and oxygen atoms in total. The van der Waals surface area contributed by atoms with E-state index < -0.39 is 0 Å². The summed E-state index contributed by atoms with van der Waals surface area (Å²) in [4.78, 5) is 0. The molecule has 0 bridgehead atoms. The molecule has 1 saturated heterocycles. The van der Waals surface area contributed by atoms with E-state index in [1.54, 1.807) is 0 Å². The fourth-order valence-corrected chi connectivity index (χ4v) is 2.09. The summed E-state index contributed by atoms with van der Waals surface area (Å²) in [5.74, 6) is 0. The summed E-state index contributed by atoms with van der Waals surface area (Å²) < 4.78 is 5.89. The van der Waals surface area contributed by atoms with Crippen LogP contribution in [0, 0.1) is 13.8 Å². The maximum absolute atomic E-state index is 9.13. The van der Waals surface area contributed by atoms with E-state index in [1.165, 1.54) is 21.2 Å². The zero-order valence-electron chi connectivity index (χ0n) is 14.4. The molecule has 0 unspecified atom stereocenters. The van der Waals surface area contributed by atoms with Gasteiger partial charge in [0.25, 0.3) is 0 Å². The van der Waals surface area contributed by atoms with Crippen LogP contribution in [0.2, 0.25) is 0 Å². The van der Waals surface area contributed by atoms with Crippen LogP contribution in [0.15, 0.2) is 53.0 Å². The molecule has 3 rings (SSSR count). The molecular weight excluding hydrogens is 352 g/mol. The van der Waals surface area contributed by atoms with Crippen LogP contribution in [-0.2, 0) is 11.2 Å². The van der Waals surface area contributed by atoms with E-state index in [0.717, 1.165) is 13.0 Å². The molecule has 1 fully saturated rings. The minimum absolute atomic E-state index is 0.240. The molecule has 126 valence electrons. The first kappa shape index (κ1) is 19.9. The van der Waals surface area contributed by atoms with Crippen LogP contribution < -0.4 is 0 Å². The van der Waals surface area contributed by atoms with E-state index in [1.807, 2.05) is 37.3 Å². The number of aliphatic hydroxyl groups excluding tert-OH is 1. The second-order valence-corrected chi connectivity index (χ2v) is 6.73.